The molecule has 0 spiro atoms. The van der Waals surface area contributed by atoms with Crippen molar-refractivity contribution in [3.8, 4) is 50.6 Å². The summed E-state index contributed by atoms with van der Waals surface area (Å²) < 4.78 is 7.28. The van der Waals surface area contributed by atoms with Crippen LogP contribution in [-0.2, 0) is 0 Å². The van der Waals surface area contributed by atoms with E-state index in [1.165, 1.54) is 63.1 Å². The zero-order valence-electron chi connectivity index (χ0n) is 32.7. The van der Waals surface area contributed by atoms with Gasteiger partial charge in [0.15, 0.2) is 5.82 Å². The summed E-state index contributed by atoms with van der Waals surface area (Å²) >= 11 is 3.63. The lowest BCUT2D eigenvalue weighted by Crippen LogP contribution is -1.95. The minimum Gasteiger partial charge on any atom is -0.309 e. The number of thiophene rings is 2. The Balaban J connectivity index is 1.03. The lowest BCUT2D eigenvalue weighted by atomic mass is 9.95. The molecule has 13 rings (SSSR count). The lowest BCUT2D eigenvalue weighted by molar-refractivity contribution is 1.20. The number of aromatic nitrogens is 3. The quantitative estimate of drug-likeness (QED) is 0.173. The first kappa shape index (κ1) is 34.4. The van der Waals surface area contributed by atoms with E-state index in [2.05, 4.69) is 205 Å². The van der Waals surface area contributed by atoms with Crippen LogP contribution in [0, 0.1) is 0 Å². The van der Waals surface area contributed by atoms with Crippen LogP contribution in [0.25, 0.3) is 124 Å². The zero-order valence-corrected chi connectivity index (χ0v) is 34.3. The third kappa shape index (κ3) is 5.41. The molecule has 3 nitrogen and oxygen atoms in total. The maximum absolute atomic E-state index is 5.52. The van der Waals surface area contributed by atoms with Crippen molar-refractivity contribution in [3.63, 3.8) is 0 Å². The summed E-state index contributed by atoms with van der Waals surface area (Å²) in [6.45, 7) is 0. The normalized spacial score (nSPS) is 11.9. The first-order chi connectivity index (χ1) is 30.2. The van der Waals surface area contributed by atoms with E-state index in [9.17, 15) is 0 Å². The van der Waals surface area contributed by atoms with E-state index < -0.39 is 0 Å². The zero-order chi connectivity index (χ0) is 40.0. The molecule has 0 saturated carbocycles. The van der Waals surface area contributed by atoms with E-state index >= 15 is 0 Å². The van der Waals surface area contributed by atoms with Crippen LogP contribution >= 0.6 is 22.7 Å². The maximum Gasteiger partial charge on any atom is 0.160 e. The van der Waals surface area contributed by atoms with Crippen molar-refractivity contribution in [3.05, 3.63) is 200 Å². The molecule has 61 heavy (non-hydrogen) atoms. The summed E-state index contributed by atoms with van der Waals surface area (Å²) in [5, 5.41) is 8.77. The van der Waals surface area contributed by atoms with E-state index in [-0.39, 0.29) is 0 Å². The predicted molar refractivity (Wildman–Crippen MR) is 261 cm³/mol. The first-order valence-electron chi connectivity index (χ1n) is 20.6. The number of hydrogen-bond acceptors (Lipinski definition) is 4. The Morgan fingerprint density at radius 2 is 1.03 bits per heavy atom. The highest BCUT2D eigenvalue weighted by Crippen LogP contribution is 2.45. The number of fused-ring (bicyclic) bond motifs is 11. The van der Waals surface area contributed by atoms with Crippen LogP contribution in [0.5, 0.6) is 0 Å². The van der Waals surface area contributed by atoms with Crippen molar-refractivity contribution >= 4 is 95.7 Å². The summed E-state index contributed by atoms with van der Waals surface area (Å²) in [4.78, 5) is 10.9. The van der Waals surface area contributed by atoms with Crippen LogP contribution in [0.1, 0.15) is 0 Å². The van der Waals surface area contributed by atoms with Crippen LogP contribution in [0.4, 0.5) is 0 Å². The fraction of sp³-hybridized carbons (Fsp3) is 0. The highest BCUT2D eigenvalue weighted by atomic mass is 32.1. The smallest absolute Gasteiger partial charge is 0.160 e. The minimum atomic E-state index is 0.721. The SMILES string of the molecule is c1ccc(-c2cc(-c3ccccc3)cc(-c3nc(-c4ccc5c(c4)sc4cccc(-n6c7ccccc7c7c8ccccc8ccc76)c45)c4sc5ccccc5c4n3)c2)cc1. The highest BCUT2D eigenvalue weighted by Gasteiger charge is 2.21. The molecule has 4 aromatic heterocycles. The monoisotopic (exact) mass is 811 g/mol. The second-order valence-corrected chi connectivity index (χ2v) is 17.8. The molecule has 0 amide bonds. The molecular weight excluding hydrogens is 779 g/mol. The van der Waals surface area contributed by atoms with Gasteiger partial charge in [-0.2, -0.15) is 0 Å². The van der Waals surface area contributed by atoms with Gasteiger partial charge in [-0.15, -0.1) is 22.7 Å². The molecular formula is C56H33N3S2. The largest absolute Gasteiger partial charge is 0.309 e. The maximum atomic E-state index is 5.52. The van der Waals surface area contributed by atoms with Crippen LogP contribution in [-0.4, -0.2) is 14.5 Å². The number of rotatable bonds is 5. The molecule has 0 unspecified atom stereocenters. The van der Waals surface area contributed by atoms with Crippen molar-refractivity contribution in [1.29, 1.82) is 0 Å². The fourth-order valence-electron chi connectivity index (χ4n) is 9.41. The summed E-state index contributed by atoms with van der Waals surface area (Å²) in [7, 11) is 0. The third-order valence-corrected chi connectivity index (χ3v) is 14.5. The topological polar surface area (TPSA) is 30.7 Å². The Kier molecular flexibility index (Phi) is 7.65. The molecule has 284 valence electrons. The highest BCUT2D eigenvalue weighted by molar-refractivity contribution is 7.26. The molecule has 0 saturated heterocycles. The molecule has 4 heterocycles. The molecule has 5 heteroatoms. The molecule has 0 radical (unpaired) electrons. The van der Waals surface area contributed by atoms with Crippen molar-refractivity contribution in [2.75, 3.05) is 0 Å². The summed E-state index contributed by atoms with van der Waals surface area (Å²) in [6.07, 6.45) is 0. The standard InChI is InChI=1S/C56H33N3S2/c1-3-14-34(15-4-1)38-30-39(35-16-5-2-6-17-35)32-40(31-38)56-57-53(55-54(58-56)44-21-10-12-24-48(44)61-55)37-26-28-43-50(33-37)60-49-25-13-23-46(52(43)49)59-45-22-11-9-20-42(45)51-41-19-8-7-18-36(41)27-29-47(51)59/h1-33H. The van der Waals surface area contributed by atoms with Gasteiger partial charge in [0.25, 0.3) is 0 Å². The van der Waals surface area contributed by atoms with E-state index in [1.54, 1.807) is 11.3 Å². The lowest BCUT2D eigenvalue weighted by Gasteiger charge is -2.12. The minimum absolute atomic E-state index is 0.721. The first-order valence-corrected chi connectivity index (χ1v) is 22.2. The average molecular weight is 812 g/mol. The molecule has 0 aliphatic heterocycles. The van der Waals surface area contributed by atoms with Gasteiger partial charge in [-0.1, -0.05) is 146 Å². The molecule has 9 aromatic carbocycles. The van der Waals surface area contributed by atoms with Crippen LogP contribution in [0.3, 0.4) is 0 Å². The van der Waals surface area contributed by atoms with Crippen molar-refractivity contribution in [1.82, 2.24) is 14.5 Å². The fourth-order valence-corrected chi connectivity index (χ4v) is 11.7. The van der Waals surface area contributed by atoms with E-state index in [1.807, 2.05) is 11.3 Å². The summed E-state index contributed by atoms with van der Waals surface area (Å²) in [5.41, 5.74) is 12.2. The number of para-hydroxylation sites is 1. The Hall–Kier alpha value is -7.44. The van der Waals surface area contributed by atoms with Gasteiger partial charge >= 0.3 is 0 Å². The second kappa shape index (κ2) is 13.5. The Morgan fingerprint density at radius 1 is 0.361 bits per heavy atom. The van der Waals surface area contributed by atoms with Gasteiger partial charge in [-0.25, -0.2) is 9.97 Å². The predicted octanol–water partition coefficient (Wildman–Crippen LogP) is 16.1. The molecule has 0 atom stereocenters. The van der Waals surface area contributed by atoms with Crippen molar-refractivity contribution in [2.45, 2.75) is 0 Å². The van der Waals surface area contributed by atoms with Crippen LogP contribution in [0.15, 0.2) is 200 Å². The molecule has 0 bridgehead atoms. The van der Waals surface area contributed by atoms with E-state index in [4.69, 9.17) is 9.97 Å². The molecule has 0 aliphatic rings. The van der Waals surface area contributed by atoms with Gasteiger partial charge in [0.2, 0.25) is 0 Å². The van der Waals surface area contributed by atoms with Crippen LogP contribution < -0.4 is 0 Å². The van der Waals surface area contributed by atoms with Crippen LogP contribution in [0.2, 0.25) is 0 Å². The second-order valence-electron chi connectivity index (χ2n) is 15.7. The van der Waals surface area contributed by atoms with Gasteiger partial charge in [0.05, 0.1) is 32.6 Å². The summed E-state index contributed by atoms with van der Waals surface area (Å²) in [6, 6.07) is 72.4. The third-order valence-electron chi connectivity index (χ3n) is 12.2. The molecule has 0 fully saturated rings. The van der Waals surface area contributed by atoms with E-state index in [0.717, 1.165) is 60.5 Å². The molecule has 0 aliphatic carbocycles. The van der Waals surface area contributed by atoms with Crippen molar-refractivity contribution in [2.24, 2.45) is 0 Å². The molecule has 13 aromatic rings. The van der Waals surface area contributed by atoms with E-state index in [0.29, 0.717) is 0 Å². The Morgan fingerprint density at radius 3 is 1.84 bits per heavy atom. The van der Waals surface area contributed by atoms with Gasteiger partial charge in [0.1, 0.15) is 0 Å². The Labute approximate surface area is 359 Å². The Bertz CT molecular complexity index is 3820. The van der Waals surface area contributed by atoms with Gasteiger partial charge in [0, 0.05) is 52.2 Å². The number of hydrogen-bond donors (Lipinski definition) is 0. The molecule has 0 N–H and O–H groups in total. The average Bonchev–Trinajstić information content (AvgIpc) is 4.01. The number of benzene rings is 9. The van der Waals surface area contributed by atoms with Gasteiger partial charge in [-0.3, -0.25) is 0 Å². The van der Waals surface area contributed by atoms with Crippen molar-refractivity contribution < 1.29 is 0 Å². The van der Waals surface area contributed by atoms with Gasteiger partial charge in [-0.05, 0) is 87.6 Å². The van der Waals surface area contributed by atoms with Gasteiger partial charge < -0.3 is 4.57 Å². The summed E-state index contributed by atoms with van der Waals surface area (Å²) in [5.74, 6) is 0.721. The number of nitrogens with zero attached hydrogens (tertiary/aromatic N) is 3.